The molecule has 0 aliphatic carbocycles. The summed E-state index contributed by atoms with van der Waals surface area (Å²) in [6, 6.07) is 21.9. The van der Waals surface area contributed by atoms with Crippen molar-refractivity contribution >= 4 is 29.4 Å². The normalized spacial score (nSPS) is 10.8. The third-order valence-electron chi connectivity index (χ3n) is 4.40. The number of nitrogens with one attached hydrogen (secondary N) is 1. The standard InChI is InChI=1S/C24H25N3O/c1-27(2)23-14-10-19(11-15-23)12-16-24(28)26-22-8-5-6-20(18-22)9-13-21-7-3-4-17-25-21/h3-11,13-15,17-18H,12,16H2,1-2H3,(H,26,28)/b13-9+. The smallest absolute Gasteiger partial charge is 0.224 e. The molecule has 0 spiro atoms. The SMILES string of the molecule is CN(C)c1ccc(CCC(=O)Nc2cccc(/C=C/c3ccccn3)c2)cc1. The number of pyridine rings is 1. The van der Waals surface area contributed by atoms with E-state index in [0.29, 0.717) is 6.42 Å². The molecule has 3 aromatic rings. The summed E-state index contributed by atoms with van der Waals surface area (Å²) in [5, 5.41) is 2.98. The van der Waals surface area contributed by atoms with Crippen molar-refractivity contribution in [3.63, 3.8) is 0 Å². The zero-order chi connectivity index (χ0) is 19.8. The van der Waals surface area contributed by atoms with Crippen LogP contribution in [0.4, 0.5) is 11.4 Å². The zero-order valence-corrected chi connectivity index (χ0v) is 16.3. The van der Waals surface area contributed by atoms with E-state index in [-0.39, 0.29) is 5.91 Å². The minimum Gasteiger partial charge on any atom is -0.378 e. The predicted molar refractivity (Wildman–Crippen MR) is 117 cm³/mol. The van der Waals surface area contributed by atoms with Crippen LogP contribution in [0.3, 0.4) is 0 Å². The first-order valence-corrected chi connectivity index (χ1v) is 9.35. The number of benzene rings is 2. The lowest BCUT2D eigenvalue weighted by Gasteiger charge is -2.12. The topological polar surface area (TPSA) is 45.2 Å². The molecule has 4 nitrogen and oxygen atoms in total. The number of rotatable bonds is 7. The van der Waals surface area contributed by atoms with Gasteiger partial charge < -0.3 is 10.2 Å². The quantitative estimate of drug-likeness (QED) is 0.643. The third kappa shape index (κ3) is 5.81. The van der Waals surface area contributed by atoms with Gasteiger partial charge in [-0.15, -0.1) is 0 Å². The number of nitrogens with zero attached hydrogens (tertiary/aromatic N) is 2. The Morgan fingerprint density at radius 3 is 2.54 bits per heavy atom. The molecule has 0 saturated carbocycles. The second-order valence-electron chi connectivity index (χ2n) is 6.82. The number of amides is 1. The highest BCUT2D eigenvalue weighted by Crippen LogP contribution is 2.16. The Bertz CT molecular complexity index is 932. The summed E-state index contributed by atoms with van der Waals surface area (Å²) in [7, 11) is 4.03. The molecule has 0 aliphatic rings. The van der Waals surface area contributed by atoms with Crippen LogP contribution < -0.4 is 10.2 Å². The summed E-state index contributed by atoms with van der Waals surface area (Å²) in [4.78, 5) is 18.6. The van der Waals surface area contributed by atoms with Gasteiger partial charge in [-0.3, -0.25) is 9.78 Å². The fourth-order valence-corrected chi connectivity index (χ4v) is 2.82. The lowest BCUT2D eigenvalue weighted by Crippen LogP contribution is -2.12. The maximum absolute atomic E-state index is 12.3. The lowest BCUT2D eigenvalue weighted by atomic mass is 10.1. The Balaban J connectivity index is 1.54. The summed E-state index contributed by atoms with van der Waals surface area (Å²) in [6.07, 6.45) is 6.89. The van der Waals surface area contributed by atoms with Gasteiger partial charge in [-0.1, -0.05) is 36.4 Å². The Labute approximate surface area is 166 Å². The summed E-state index contributed by atoms with van der Waals surface area (Å²) < 4.78 is 0. The van der Waals surface area contributed by atoms with Crippen LogP contribution in [0, 0.1) is 0 Å². The second kappa shape index (κ2) is 9.51. The van der Waals surface area contributed by atoms with Gasteiger partial charge in [-0.2, -0.15) is 0 Å². The van der Waals surface area contributed by atoms with Gasteiger partial charge >= 0.3 is 0 Å². The summed E-state index contributed by atoms with van der Waals surface area (Å²) in [5.41, 5.74) is 5.03. The number of aryl methyl sites for hydroxylation is 1. The van der Waals surface area contributed by atoms with E-state index in [4.69, 9.17) is 0 Å². The molecule has 1 heterocycles. The van der Waals surface area contributed by atoms with Crippen molar-refractivity contribution in [3.8, 4) is 0 Å². The molecule has 28 heavy (non-hydrogen) atoms. The fourth-order valence-electron chi connectivity index (χ4n) is 2.82. The van der Waals surface area contributed by atoms with Gasteiger partial charge in [-0.25, -0.2) is 0 Å². The van der Waals surface area contributed by atoms with Crippen molar-refractivity contribution in [3.05, 3.63) is 89.7 Å². The first kappa shape index (κ1) is 19.4. The van der Waals surface area contributed by atoms with Crippen LogP contribution in [0.2, 0.25) is 0 Å². The Morgan fingerprint density at radius 1 is 1.00 bits per heavy atom. The lowest BCUT2D eigenvalue weighted by molar-refractivity contribution is -0.116. The molecule has 0 aliphatic heterocycles. The van der Waals surface area contributed by atoms with Gasteiger partial charge in [0, 0.05) is 38.1 Å². The summed E-state index contributed by atoms with van der Waals surface area (Å²) >= 11 is 0. The van der Waals surface area contributed by atoms with Gasteiger partial charge in [0.2, 0.25) is 5.91 Å². The van der Waals surface area contributed by atoms with Crippen LogP contribution in [0.25, 0.3) is 12.2 Å². The number of anilines is 2. The van der Waals surface area contributed by atoms with E-state index in [1.807, 2.05) is 68.7 Å². The van der Waals surface area contributed by atoms with Crippen molar-refractivity contribution in [2.75, 3.05) is 24.3 Å². The number of carbonyl (C=O) groups excluding carboxylic acids is 1. The zero-order valence-electron chi connectivity index (χ0n) is 16.3. The van der Waals surface area contributed by atoms with Gasteiger partial charge in [0.1, 0.15) is 0 Å². The molecular weight excluding hydrogens is 346 g/mol. The van der Waals surface area contributed by atoms with Crippen molar-refractivity contribution in [1.82, 2.24) is 4.98 Å². The van der Waals surface area contributed by atoms with Crippen molar-refractivity contribution in [1.29, 1.82) is 0 Å². The van der Waals surface area contributed by atoms with E-state index >= 15 is 0 Å². The van der Waals surface area contributed by atoms with E-state index in [1.54, 1.807) is 6.20 Å². The fraction of sp³-hybridized carbons (Fsp3) is 0.167. The molecule has 0 unspecified atom stereocenters. The molecule has 0 bridgehead atoms. The molecule has 2 aromatic carbocycles. The van der Waals surface area contributed by atoms with Crippen LogP contribution in [0.5, 0.6) is 0 Å². The number of aromatic nitrogens is 1. The Morgan fingerprint density at radius 2 is 1.82 bits per heavy atom. The van der Waals surface area contributed by atoms with Gasteiger partial charge in [0.25, 0.3) is 0 Å². The molecule has 0 saturated heterocycles. The first-order valence-electron chi connectivity index (χ1n) is 9.35. The highest BCUT2D eigenvalue weighted by Gasteiger charge is 2.04. The van der Waals surface area contributed by atoms with Crippen molar-refractivity contribution in [2.24, 2.45) is 0 Å². The van der Waals surface area contributed by atoms with Crippen molar-refractivity contribution < 1.29 is 4.79 Å². The van der Waals surface area contributed by atoms with E-state index in [1.165, 1.54) is 0 Å². The summed E-state index contributed by atoms with van der Waals surface area (Å²) in [6.45, 7) is 0. The van der Waals surface area contributed by atoms with Crippen LogP contribution in [-0.2, 0) is 11.2 Å². The minimum absolute atomic E-state index is 0.0162. The molecule has 0 atom stereocenters. The number of carbonyl (C=O) groups is 1. The summed E-state index contributed by atoms with van der Waals surface area (Å²) in [5.74, 6) is 0.0162. The van der Waals surface area contributed by atoms with Gasteiger partial charge in [-0.05, 0) is 60.0 Å². The molecule has 1 amide bonds. The van der Waals surface area contributed by atoms with Crippen molar-refractivity contribution in [2.45, 2.75) is 12.8 Å². The molecular formula is C24H25N3O. The van der Waals surface area contributed by atoms with E-state index < -0.39 is 0 Å². The van der Waals surface area contributed by atoms with E-state index in [0.717, 1.165) is 34.6 Å². The molecule has 142 valence electrons. The van der Waals surface area contributed by atoms with Gasteiger partial charge in [0.15, 0.2) is 0 Å². The maximum atomic E-state index is 12.3. The molecule has 3 rings (SSSR count). The van der Waals surface area contributed by atoms with Crippen LogP contribution in [0.1, 0.15) is 23.2 Å². The van der Waals surface area contributed by atoms with Crippen LogP contribution in [-0.4, -0.2) is 25.0 Å². The highest BCUT2D eigenvalue weighted by atomic mass is 16.1. The van der Waals surface area contributed by atoms with Gasteiger partial charge in [0.05, 0.1) is 5.69 Å². The predicted octanol–water partition coefficient (Wildman–Crippen LogP) is 4.89. The largest absolute Gasteiger partial charge is 0.378 e. The molecule has 1 aromatic heterocycles. The maximum Gasteiger partial charge on any atom is 0.224 e. The van der Waals surface area contributed by atoms with E-state index in [2.05, 4.69) is 39.5 Å². The molecule has 0 radical (unpaired) electrons. The third-order valence-corrected chi connectivity index (χ3v) is 4.40. The molecule has 0 fully saturated rings. The van der Waals surface area contributed by atoms with Crippen LogP contribution >= 0.6 is 0 Å². The number of hydrogen-bond acceptors (Lipinski definition) is 3. The van der Waals surface area contributed by atoms with E-state index in [9.17, 15) is 4.79 Å². The molecule has 4 heteroatoms. The average Bonchev–Trinajstić information content (AvgIpc) is 2.72. The minimum atomic E-state index is 0.0162. The Hall–Kier alpha value is -3.40. The number of hydrogen-bond donors (Lipinski definition) is 1. The van der Waals surface area contributed by atoms with Crippen LogP contribution in [0.15, 0.2) is 72.9 Å². The second-order valence-corrected chi connectivity index (χ2v) is 6.82. The monoisotopic (exact) mass is 371 g/mol. The highest BCUT2D eigenvalue weighted by molar-refractivity contribution is 5.91. The average molecular weight is 371 g/mol. The first-order chi connectivity index (χ1) is 13.6. The Kier molecular flexibility index (Phi) is 6.58. The molecule has 1 N–H and O–H groups in total.